The molecule has 0 saturated heterocycles. The van der Waals surface area contributed by atoms with E-state index in [4.69, 9.17) is 9.11 Å². The number of carbonyl (C=O) groups is 4. The molecule has 0 aliphatic heterocycles. The minimum absolute atomic E-state index is 0. The van der Waals surface area contributed by atoms with Crippen molar-refractivity contribution in [1.82, 2.24) is 10.6 Å². The Morgan fingerprint density at radius 3 is 1.16 bits per heavy atom. The van der Waals surface area contributed by atoms with Gasteiger partial charge in [-0.3, -0.25) is 18.7 Å². The number of carboxylic acid groups (broad SMARTS) is 2. The van der Waals surface area contributed by atoms with E-state index in [-0.39, 0.29) is 72.2 Å². The van der Waals surface area contributed by atoms with Crippen molar-refractivity contribution in [3.63, 3.8) is 0 Å². The summed E-state index contributed by atoms with van der Waals surface area (Å²) in [7, 11) is -9.67. The first kappa shape index (κ1) is 38.4. The van der Waals surface area contributed by atoms with Crippen LogP contribution in [0, 0.1) is 0 Å². The van der Waals surface area contributed by atoms with E-state index in [1.807, 2.05) is 0 Å². The molecule has 2 amide bonds. The van der Waals surface area contributed by atoms with Crippen LogP contribution >= 0.6 is 0 Å². The van der Waals surface area contributed by atoms with E-state index in [1.165, 1.54) is 12.2 Å². The molecule has 0 aromatic rings. The summed E-state index contributed by atoms with van der Waals surface area (Å²) in [4.78, 5) is 42.5. The van der Waals surface area contributed by atoms with Crippen LogP contribution in [0.15, 0.2) is 25.3 Å². The third-order valence-electron chi connectivity index (χ3n) is 2.87. The number of carboxylic acids is 2. The molecule has 4 N–H and O–H groups in total. The molecule has 0 aromatic heterocycles. The molecule has 18 heteroatoms. The van der Waals surface area contributed by atoms with Gasteiger partial charge in [-0.2, -0.15) is 16.8 Å². The van der Waals surface area contributed by atoms with E-state index in [1.54, 1.807) is 0 Å². The van der Waals surface area contributed by atoms with E-state index in [9.17, 15) is 46.2 Å². The van der Waals surface area contributed by atoms with Crippen LogP contribution < -0.4 is 80.0 Å². The first-order valence-corrected chi connectivity index (χ1v) is 10.7. The molecule has 0 fully saturated rings. The Morgan fingerprint density at radius 1 is 0.750 bits per heavy atom. The molecule has 0 radical (unpaired) electrons. The minimum atomic E-state index is -4.83. The van der Waals surface area contributed by atoms with Crippen molar-refractivity contribution < 1.29 is 114 Å². The van der Waals surface area contributed by atoms with Crippen LogP contribution in [-0.2, 0) is 39.4 Å². The van der Waals surface area contributed by atoms with Gasteiger partial charge < -0.3 is 30.4 Å². The monoisotopic (exact) mass is 518 g/mol. The van der Waals surface area contributed by atoms with Crippen LogP contribution in [-0.4, -0.2) is 73.3 Å². The number of carbonyl (C=O) groups excluding carboxylic acids is 4. The summed E-state index contributed by atoms with van der Waals surface area (Å²) in [5, 5.41) is 20.4. The van der Waals surface area contributed by atoms with Gasteiger partial charge in [-0.25, -0.2) is 0 Å². The fourth-order valence-corrected chi connectivity index (χ4v) is 2.68. The second-order valence-corrected chi connectivity index (χ2v) is 8.44. The topological polar surface area (TPSA) is 247 Å². The molecule has 0 aliphatic carbocycles. The largest absolute Gasteiger partial charge is 1.00 e. The van der Waals surface area contributed by atoms with E-state index >= 15 is 0 Å². The average molecular weight is 518 g/mol. The third kappa shape index (κ3) is 18.7. The van der Waals surface area contributed by atoms with Gasteiger partial charge in [0.2, 0.25) is 11.8 Å². The number of hydrogen-bond donors (Lipinski definition) is 4. The smallest absolute Gasteiger partial charge is 0.549 e. The molecule has 0 rings (SSSR count). The molecule has 32 heavy (non-hydrogen) atoms. The number of aliphatic carboxylic acids is 2. The first-order chi connectivity index (χ1) is 13.6. The number of amides is 2. The number of rotatable bonds is 12. The maximum atomic E-state index is 10.9. The SMILES string of the molecule is C=CCNC(=O)CC(C(=O)[O-])S(=O)(=O)O.C=CCNC(=O)CC(C(=O)[O-])S(=O)(=O)O.[Na+].[Na+]. The Morgan fingerprint density at radius 2 is 1.00 bits per heavy atom. The van der Waals surface area contributed by atoms with Crippen LogP contribution in [0.1, 0.15) is 12.8 Å². The Balaban J connectivity index is -0.000000231. The molecule has 0 saturated carbocycles. The Kier molecular flexibility index (Phi) is 22.3. The fraction of sp³-hybridized carbons (Fsp3) is 0.429. The van der Waals surface area contributed by atoms with Gasteiger partial charge in [-0.1, -0.05) is 12.2 Å². The summed E-state index contributed by atoms with van der Waals surface area (Å²) < 4.78 is 59.0. The van der Waals surface area contributed by atoms with Gasteiger partial charge in [0.15, 0.2) is 0 Å². The summed E-state index contributed by atoms with van der Waals surface area (Å²) in [5.41, 5.74) is 0. The minimum Gasteiger partial charge on any atom is -0.549 e. The van der Waals surface area contributed by atoms with Gasteiger partial charge >= 0.3 is 59.1 Å². The number of hydrogen-bond acceptors (Lipinski definition) is 10. The predicted molar refractivity (Wildman–Crippen MR) is 96.3 cm³/mol. The average Bonchev–Trinajstić information content (AvgIpc) is 2.58. The molecule has 172 valence electrons. The fourth-order valence-electron chi connectivity index (χ4n) is 1.47. The summed E-state index contributed by atoms with van der Waals surface area (Å²) in [6.07, 6.45) is 0.878. The van der Waals surface area contributed by atoms with E-state index in [0.717, 1.165) is 0 Å². The van der Waals surface area contributed by atoms with Crippen molar-refractivity contribution in [2.75, 3.05) is 13.1 Å². The summed E-state index contributed by atoms with van der Waals surface area (Å²) in [6, 6.07) is 0. The Hall–Kier alpha value is -0.820. The predicted octanol–water partition coefficient (Wildman–Crippen LogP) is -10.6. The molecule has 0 bridgehead atoms. The van der Waals surface area contributed by atoms with Crippen molar-refractivity contribution in [2.24, 2.45) is 0 Å². The molecule has 0 heterocycles. The molecule has 0 aliphatic rings. The molecular weight excluding hydrogens is 498 g/mol. The molecular formula is C14H20N2Na2O12S2. The van der Waals surface area contributed by atoms with Crippen molar-refractivity contribution in [3.8, 4) is 0 Å². The van der Waals surface area contributed by atoms with Crippen LogP contribution in [0.25, 0.3) is 0 Å². The molecule has 2 unspecified atom stereocenters. The molecule has 0 aromatic carbocycles. The van der Waals surface area contributed by atoms with Crippen LogP contribution in [0.3, 0.4) is 0 Å². The Labute approximate surface area is 229 Å². The van der Waals surface area contributed by atoms with Crippen molar-refractivity contribution in [2.45, 2.75) is 23.3 Å². The zero-order valence-electron chi connectivity index (χ0n) is 17.3. The third-order valence-corrected chi connectivity index (χ3v) is 5.03. The van der Waals surface area contributed by atoms with Gasteiger partial charge in [0.05, 0.1) is 24.8 Å². The van der Waals surface area contributed by atoms with Gasteiger partial charge in [0.1, 0.15) is 10.5 Å². The maximum absolute atomic E-state index is 10.9. The molecule has 2 atom stereocenters. The first-order valence-electron chi connectivity index (χ1n) is 7.67. The van der Waals surface area contributed by atoms with E-state index in [0.29, 0.717) is 0 Å². The summed E-state index contributed by atoms with van der Waals surface area (Å²) in [5.74, 6) is -5.71. The Bertz CT molecular complexity index is 802. The van der Waals surface area contributed by atoms with E-state index < -0.39 is 67.3 Å². The maximum Gasteiger partial charge on any atom is 1.00 e. The second-order valence-electron chi connectivity index (χ2n) is 5.24. The van der Waals surface area contributed by atoms with Crippen LogP contribution in [0.4, 0.5) is 0 Å². The van der Waals surface area contributed by atoms with E-state index in [2.05, 4.69) is 23.8 Å². The van der Waals surface area contributed by atoms with Crippen molar-refractivity contribution in [3.05, 3.63) is 25.3 Å². The van der Waals surface area contributed by atoms with Crippen molar-refractivity contribution >= 4 is 44.0 Å². The summed E-state index contributed by atoms with van der Waals surface area (Å²) in [6.45, 7) is 6.72. The van der Waals surface area contributed by atoms with Gasteiger partial charge in [-0.05, 0) is 0 Å². The van der Waals surface area contributed by atoms with Gasteiger partial charge in [0, 0.05) is 13.1 Å². The van der Waals surface area contributed by atoms with Crippen molar-refractivity contribution in [1.29, 1.82) is 0 Å². The molecule has 0 spiro atoms. The standard InChI is InChI=1S/2C7H11NO6S.2Na/c2*1-2-3-8-6(9)4-5(7(10)11)15(12,13)14;;/h2*2,5H,1,3-4H2,(H,8,9)(H,10,11)(H,12,13,14);;/q;;2*+1/p-2. The zero-order chi connectivity index (χ0) is 24.1. The molecule has 14 nitrogen and oxygen atoms in total. The second kappa shape index (κ2) is 18.6. The normalized spacial score (nSPS) is 12.1. The summed E-state index contributed by atoms with van der Waals surface area (Å²) >= 11 is 0. The van der Waals surface area contributed by atoms with Crippen LogP contribution in [0.2, 0.25) is 0 Å². The quantitative estimate of drug-likeness (QED) is 0.107. The van der Waals surface area contributed by atoms with Gasteiger partial charge in [0.25, 0.3) is 20.2 Å². The zero-order valence-corrected chi connectivity index (χ0v) is 23.0. The number of nitrogens with one attached hydrogen (secondary N) is 2. The van der Waals surface area contributed by atoms with Crippen LogP contribution in [0.5, 0.6) is 0 Å². The van der Waals surface area contributed by atoms with Gasteiger partial charge in [-0.15, -0.1) is 13.2 Å².